The average Bonchev–Trinajstić information content (AvgIpc) is 2.57. The van der Waals surface area contributed by atoms with Crippen LogP contribution in [-0.2, 0) is 9.59 Å². The summed E-state index contributed by atoms with van der Waals surface area (Å²) in [5.74, 6) is -1.76. The molecule has 0 aliphatic heterocycles. The molecule has 0 aliphatic rings. The lowest BCUT2D eigenvalue weighted by Crippen LogP contribution is -2.32. The number of benzene rings is 2. The summed E-state index contributed by atoms with van der Waals surface area (Å²) in [5.41, 5.74) is 3.04. The Bertz CT molecular complexity index is 730. The molecule has 0 bridgehead atoms. The van der Waals surface area contributed by atoms with Gasteiger partial charge >= 0.3 is 11.8 Å². The van der Waals surface area contributed by atoms with Gasteiger partial charge < -0.3 is 10.1 Å². The largest absolute Gasteiger partial charge is 0.495 e. The molecule has 2 rings (SSSR count). The SMILES string of the molecule is COc1ccccc1NC(=O)C(=O)N/N=C\c1ccc(F)cc1. The number of hydrogen-bond donors (Lipinski definition) is 2. The van der Waals surface area contributed by atoms with E-state index in [4.69, 9.17) is 4.74 Å². The molecule has 0 spiro atoms. The minimum absolute atomic E-state index is 0.373. The maximum atomic E-state index is 12.7. The van der Waals surface area contributed by atoms with Crippen molar-refractivity contribution in [2.75, 3.05) is 12.4 Å². The summed E-state index contributed by atoms with van der Waals surface area (Å²) in [4.78, 5) is 23.4. The van der Waals surface area contributed by atoms with E-state index in [1.165, 1.54) is 37.6 Å². The Morgan fingerprint density at radius 3 is 2.48 bits per heavy atom. The van der Waals surface area contributed by atoms with Crippen molar-refractivity contribution in [3.05, 3.63) is 59.9 Å². The van der Waals surface area contributed by atoms with Gasteiger partial charge in [0.05, 0.1) is 19.0 Å². The Labute approximate surface area is 132 Å². The maximum Gasteiger partial charge on any atom is 0.329 e. The Morgan fingerprint density at radius 2 is 1.78 bits per heavy atom. The first-order chi connectivity index (χ1) is 11.1. The number of para-hydroxylation sites is 2. The maximum absolute atomic E-state index is 12.7. The standard InChI is InChI=1S/C16H14FN3O3/c1-23-14-5-3-2-4-13(14)19-15(21)16(22)20-18-10-11-6-8-12(17)9-7-11/h2-10H,1H3,(H,19,21)(H,20,22)/b18-10-. The van der Waals surface area contributed by atoms with Crippen molar-refractivity contribution in [2.24, 2.45) is 5.10 Å². The molecule has 0 saturated heterocycles. The Kier molecular flexibility index (Phi) is 5.40. The predicted octanol–water partition coefficient (Wildman–Crippen LogP) is 1.92. The van der Waals surface area contributed by atoms with Crippen LogP contribution in [0.1, 0.15) is 5.56 Å². The molecule has 23 heavy (non-hydrogen) atoms. The van der Waals surface area contributed by atoms with Gasteiger partial charge in [-0.1, -0.05) is 24.3 Å². The van der Waals surface area contributed by atoms with Gasteiger partial charge in [0.1, 0.15) is 11.6 Å². The predicted molar refractivity (Wildman–Crippen MR) is 83.8 cm³/mol. The Morgan fingerprint density at radius 1 is 1.09 bits per heavy atom. The van der Waals surface area contributed by atoms with E-state index < -0.39 is 11.8 Å². The molecule has 118 valence electrons. The Hall–Kier alpha value is -3.22. The molecule has 2 N–H and O–H groups in total. The van der Waals surface area contributed by atoms with Gasteiger partial charge in [-0.25, -0.2) is 9.82 Å². The molecule has 0 heterocycles. The third kappa shape index (κ3) is 4.63. The number of anilines is 1. The summed E-state index contributed by atoms with van der Waals surface area (Å²) in [5, 5.41) is 6.06. The van der Waals surface area contributed by atoms with Gasteiger partial charge in [0.2, 0.25) is 0 Å². The summed E-state index contributed by atoms with van der Waals surface area (Å²) < 4.78 is 17.8. The molecule has 2 amide bonds. The molecule has 0 radical (unpaired) electrons. The van der Waals surface area contributed by atoms with Crippen LogP contribution in [0.4, 0.5) is 10.1 Å². The zero-order valence-electron chi connectivity index (χ0n) is 12.2. The van der Waals surface area contributed by atoms with Crippen LogP contribution in [0.25, 0.3) is 0 Å². The second-order valence-electron chi connectivity index (χ2n) is 4.41. The minimum Gasteiger partial charge on any atom is -0.495 e. The van der Waals surface area contributed by atoms with E-state index in [0.717, 1.165) is 0 Å². The molecule has 0 atom stereocenters. The van der Waals surface area contributed by atoms with Crippen LogP contribution in [0.2, 0.25) is 0 Å². The van der Waals surface area contributed by atoms with Gasteiger partial charge in [0, 0.05) is 0 Å². The van der Waals surface area contributed by atoms with Crippen molar-refractivity contribution in [2.45, 2.75) is 0 Å². The lowest BCUT2D eigenvalue weighted by molar-refractivity contribution is -0.136. The van der Waals surface area contributed by atoms with Crippen molar-refractivity contribution in [3.8, 4) is 5.75 Å². The van der Waals surface area contributed by atoms with Crippen molar-refractivity contribution in [1.82, 2.24) is 5.43 Å². The molecule has 0 unspecified atom stereocenters. The number of hydrogen-bond acceptors (Lipinski definition) is 4. The quantitative estimate of drug-likeness (QED) is 0.514. The molecular weight excluding hydrogens is 301 g/mol. The second-order valence-corrected chi connectivity index (χ2v) is 4.41. The van der Waals surface area contributed by atoms with E-state index in [0.29, 0.717) is 17.0 Å². The van der Waals surface area contributed by atoms with Crippen LogP contribution >= 0.6 is 0 Å². The molecule has 0 aromatic heterocycles. The summed E-state index contributed by atoms with van der Waals surface area (Å²) in [7, 11) is 1.46. The van der Waals surface area contributed by atoms with Crippen molar-refractivity contribution in [3.63, 3.8) is 0 Å². The number of rotatable bonds is 4. The molecule has 0 saturated carbocycles. The zero-order chi connectivity index (χ0) is 16.7. The summed E-state index contributed by atoms with van der Waals surface area (Å²) in [6.45, 7) is 0. The third-order valence-corrected chi connectivity index (χ3v) is 2.81. The summed E-state index contributed by atoms with van der Waals surface area (Å²) in [6.07, 6.45) is 1.30. The smallest absolute Gasteiger partial charge is 0.329 e. The number of methoxy groups -OCH3 is 1. The van der Waals surface area contributed by atoms with Crippen LogP contribution in [0, 0.1) is 5.82 Å². The lowest BCUT2D eigenvalue weighted by Gasteiger charge is -2.08. The first kappa shape index (κ1) is 16.2. The summed E-state index contributed by atoms with van der Waals surface area (Å²) >= 11 is 0. The third-order valence-electron chi connectivity index (χ3n) is 2.81. The highest BCUT2D eigenvalue weighted by molar-refractivity contribution is 6.39. The van der Waals surface area contributed by atoms with E-state index in [1.807, 2.05) is 0 Å². The van der Waals surface area contributed by atoms with Crippen molar-refractivity contribution < 1.29 is 18.7 Å². The zero-order valence-corrected chi connectivity index (χ0v) is 12.2. The van der Waals surface area contributed by atoms with Crippen molar-refractivity contribution in [1.29, 1.82) is 0 Å². The average molecular weight is 315 g/mol. The van der Waals surface area contributed by atoms with Crippen LogP contribution in [0.3, 0.4) is 0 Å². The van der Waals surface area contributed by atoms with Crippen LogP contribution in [-0.4, -0.2) is 25.1 Å². The number of nitrogens with zero attached hydrogens (tertiary/aromatic N) is 1. The fourth-order valence-electron chi connectivity index (χ4n) is 1.69. The first-order valence-corrected chi connectivity index (χ1v) is 6.63. The monoisotopic (exact) mass is 315 g/mol. The molecule has 2 aromatic rings. The number of halogens is 1. The van der Waals surface area contributed by atoms with Crippen molar-refractivity contribution >= 4 is 23.7 Å². The number of carbonyl (C=O) groups is 2. The molecule has 0 aliphatic carbocycles. The van der Waals surface area contributed by atoms with E-state index in [2.05, 4.69) is 15.8 Å². The van der Waals surface area contributed by atoms with E-state index in [9.17, 15) is 14.0 Å². The molecule has 0 fully saturated rings. The van der Waals surface area contributed by atoms with Gasteiger partial charge in [-0.15, -0.1) is 0 Å². The number of nitrogens with one attached hydrogen (secondary N) is 2. The van der Waals surface area contributed by atoms with Crippen LogP contribution in [0.15, 0.2) is 53.6 Å². The van der Waals surface area contributed by atoms with Gasteiger partial charge in [-0.3, -0.25) is 9.59 Å². The summed E-state index contributed by atoms with van der Waals surface area (Å²) in [6, 6.07) is 12.2. The molecular formula is C16H14FN3O3. The molecule has 7 heteroatoms. The fourth-order valence-corrected chi connectivity index (χ4v) is 1.69. The topological polar surface area (TPSA) is 79.8 Å². The van der Waals surface area contributed by atoms with Crippen LogP contribution < -0.4 is 15.5 Å². The van der Waals surface area contributed by atoms with Crippen LogP contribution in [0.5, 0.6) is 5.75 Å². The second kappa shape index (κ2) is 7.69. The van der Waals surface area contributed by atoms with Gasteiger partial charge in [-0.2, -0.15) is 5.10 Å². The minimum atomic E-state index is -0.936. The highest BCUT2D eigenvalue weighted by Gasteiger charge is 2.14. The fraction of sp³-hybridized carbons (Fsp3) is 0.0625. The highest BCUT2D eigenvalue weighted by Crippen LogP contribution is 2.22. The number of amides is 2. The molecule has 6 nitrogen and oxygen atoms in total. The van der Waals surface area contributed by atoms with E-state index >= 15 is 0 Å². The normalized spacial score (nSPS) is 10.3. The van der Waals surface area contributed by atoms with E-state index in [-0.39, 0.29) is 5.82 Å². The number of ether oxygens (including phenoxy) is 1. The highest BCUT2D eigenvalue weighted by atomic mass is 19.1. The van der Waals surface area contributed by atoms with Gasteiger partial charge in [-0.05, 0) is 29.8 Å². The lowest BCUT2D eigenvalue weighted by atomic mass is 10.2. The first-order valence-electron chi connectivity index (χ1n) is 6.63. The number of hydrazone groups is 1. The molecule has 2 aromatic carbocycles. The number of carbonyl (C=O) groups excluding carboxylic acids is 2. The van der Waals surface area contributed by atoms with Gasteiger partial charge in [0.15, 0.2) is 0 Å². The Balaban J connectivity index is 1.92. The van der Waals surface area contributed by atoms with E-state index in [1.54, 1.807) is 24.3 Å². The van der Waals surface area contributed by atoms with Gasteiger partial charge in [0.25, 0.3) is 0 Å².